The van der Waals surface area contributed by atoms with Gasteiger partial charge in [0.05, 0.1) is 29.5 Å². The Labute approximate surface area is 232 Å². The van der Waals surface area contributed by atoms with E-state index in [1.165, 1.54) is 16.9 Å². The molecule has 1 aliphatic heterocycles. The van der Waals surface area contributed by atoms with E-state index in [0.717, 1.165) is 0 Å². The predicted octanol–water partition coefficient (Wildman–Crippen LogP) is 4.66. The van der Waals surface area contributed by atoms with Crippen LogP contribution in [0, 0.1) is 17.8 Å². The van der Waals surface area contributed by atoms with E-state index in [1.807, 2.05) is 13.8 Å². The van der Waals surface area contributed by atoms with Gasteiger partial charge in [-0.1, -0.05) is 0 Å². The monoisotopic (exact) mass is 581 g/mol. The molecule has 0 spiro atoms. The van der Waals surface area contributed by atoms with Crippen LogP contribution in [0.4, 0.5) is 22.0 Å². The first-order valence-electron chi connectivity index (χ1n) is 13.7. The number of nitrogens with one attached hydrogen (secondary N) is 2. The SMILES string of the molecule is CC(C)n1nccc1C(=O)N[C@H](c1cn2nc(CC3C[C@H](C(F)(F)F)CNC3=O)ccc2n1)[C@@H]1CCCC(F)(F)C1. The summed E-state index contributed by atoms with van der Waals surface area (Å²) < 4.78 is 71.6. The third-order valence-electron chi connectivity index (χ3n) is 7.92. The Bertz CT molecular complexity index is 1420. The van der Waals surface area contributed by atoms with Crippen LogP contribution in [0.25, 0.3) is 5.65 Å². The van der Waals surface area contributed by atoms with Crippen molar-refractivity contribution in [1.82, 2.24) is 35.0 Å². The largest absolute Gasteiger partial charge is 0.393 e. The van der Waals surface area contributed by atoms with Gasteiger partial charge in [0, 0.05) is 44.0 Å². The predicted molar refractivity (Wildman–Crippen MR) is 137 cm³/mol. The maximum absolute atomic E-state index is 14.5. The number of rotatable bonds is 7. The van der Waals surface area contributed by atoms with Crippen molar-refractivity contribution >= 4 is 17.5 Å². The number of nitrogens with zero attached hydrogens (tertiary/aromatic N) is 5. The summed E-state index contributed by atoms with van der Waals surface area (Å²) in [5, 5.41) is 13.9. The maximum Gasteiger partial charge on any atom is 0.393 e. The Morgan fingerprint density at radius 2 is 2.02 bits per heavy atom. The van der Waals surface area contributed by atoms with Gasteiger partial charge < -0.3 is 10.6 Å². The molecule has 1 unspecified atom stereocenters. The van der Waals surface area contributed by atoms with Gasteiger partial charge in [0.1, 0.15) is 5.69 Å². The van der Waals surface area contributed by atoms with E-state index in [2.05, 4.69) is 25.8 Å². The number of imidazole rings is 1. The zero-order valence-electron chi connectivity index (χ0n) is 22.7. The van der Waals surface area contributed by atoms with Crippen LogP contribution in [0.3, 0.4) is 0 Å². The van der Waals surface area contributed by atoms with Gasteiger partial charge in [-0.05, 0) is 57.2 Å². The number of carbonyl (C=O) groups is 2. The van der Waals surface area contributed by atoms with Crippen molar-refractivity contribution in [1.29, 1.82) is 0 Å². The van der Waals surface area contributed by atoms with Gasteiger partial charge in [-0.2, -0.15) is 23.4 Å². The van der Waals surface area contributed by atoms with Crippen LogP contribution in [-0.4, -0.2) is 54.8 Å². The van der Waals surface area contributed by atoms with Gasteiger partial charge in [0.25, 0.3) is 5.91 Å². The van der Waals surface area contributed by atoms with Gasteiger partial charge in [-0.15, -0.1) is 0 Å². The van der Waals surface area contributed by atoms with Crippen molar-refractivity contribution < 1.29 is 31.5 Å². The number of aromatic nitrogens is 5. The van der Waals surface area contributed by atoms with E-state index in [-0.39, 0.29) is 25.3 Å². The number of hydrogen-bond donors (Lipinski definition) is 2. The molecule has 41 heavy (non-hydrogen) atoms. The first kappa shape index (κ1) is 28.9. The Morgan fingerprint density at radius 1 is 1.24 bits per heavy atom. The standard InChI is InChI=1S/C27H32F5N7O2/c1-15(2)39-21(7-9-34-39)25(41)36-23(16-4-3-8-26(28,29)12-16)20-14-38-22(35-20)6-5-19(37-38)11-17-10-18(27(30,31)32)13-33-24(17)40/h5-7,9,14-18,23H,3-4,8,10-13H2,1-2H3,(H,33,40)(H,36,41)/t16-,17?,18+,23+/m1/s1. The number of carbonyl (C=O) groups excluding carboxylic acids is 2. The lowest BCUT2D eigenvalue weighted by molar-refractivity contribution is -0.183. The molecule has 4 atom stereocenters. The van der Waals surface area contributed by atoms with Crippen molar-refractivity contribution in [2.75, 3.05) is 6.54 Å². The van der Waals surface area contributed by atoms with E-state index in [4.69, 9.17) is 0 Å². The molecule has 2 fully saturated rings. The molecule has 1 aliphatic carbocycles. The lowest BCUT2D eigenvalue weighted by atomic mass is 9.80. The van der Waals surface area contributed by atoms with E-state index >= 15 is 0 Å². The van der Waals surface area contributed by atoms with Crippen LogP contribution in [-0.2, 0) is 11.2 Å². The van der Waals surface area contributed by atoms with Crippen LogP contribution >= 0.6 is 0 Å². The maximum atomic E-state index is 14.5. The number of hydrogen-bond acceptors (Lipinski definition) is 5. The Hall–Kier alpha value is -3.58. The van der Waals surface area contributed by atoms with Gasteiger partial charge in [-0.25, -0.2) is 18.3 Å². The quantitative estimate of drug-likeness (QED) is 0.395. The fraction of sp³-hybridized carbons (Fsp3) is 0.593. The molecule has 0 radical (unpaired) electrons. The lowest BCUT2D eigenvalue weighted by Crippen LogP contribution is -2.47. The number of fused-ring (bicyclic) bond motifs is 1. The minimum Gasteiger partial charge on any atom is -0.355 e. The highest BCUT2D eigenvalue weighted by Gasteiger charge is 2.45. The molecule has 4 heterocycles. The van der Waals surface area contributed by atoms with Gasteiger partial charge >= 0.3 is 6.18 Å². The minimum absolute atomic E-state index is 0.00390. The number of amides is 2. The van der Waals surface area contributed by atoms with Crippen LogP contribution in [0.1, 0.15) is 79.9 Å². The molecule has 0 bridgehead atoms. The van der Waals surface area contributed by atoms with Crippen LogP contribution in [0.5, 0.6) is 0 Å². The van der Waals surface area contributed by atoms with Gasteiger partial charge in [0.15, 0.2) is 5.65 Å². The summed E-state index contributed by atoms with van der Waals surface area (Å²) in [5.74, 6) is -6.91. The topological polar surface area (TPSA) is 106 Å². The average molecular weight is 582 g/mol. The highest BCUT2D eigenvalue weighted by molar-refractivity contribution is 5.92. The molecule has 14 heteroatoms. The van der Waals surface area contributed by atoms with Crippen LogP contribution in [0.2, 0.25) is 0 Å². The van der Waals surface area contributed by atoms with Crippen molar-refractivity contribution in [3.8, 4) is 0 Å². The van der Waals surface area contributed by atoms with Crippen molar-refractivity contribution in [2.45, 2.75) is 76.6 Å². The third kappa shape index (κ3) is 6.35. The fourth-order valence-electron chi connectivity index (χ4n) is 5.83. The molecule has 3 aromatic heterocycles. The van der Waals surface area contributed by atoms with Crippen molar-refractivity contribution in [2.24, 2.45) is 17.8 Å². The van der Waals surface area contributed by atoms with E-state index in [1.54, 1.807) is 22.9 Å². The lowest BCUT2D eigenvalue weighted by Gasteiger charge is -2.34. The van der Waals surface area contributed by atoms with Crippen LogP contribution < -0.4 is 10.6 Å². The average Bonchev–Trinajstić information content (AvgIpc) is 3.54. The first-order valence-corrected chi connectivity index (χ1v) is 13.7. The molecular formula is C27H32F5N7O2. The smallest absolute Gasteiger partial charge is 0.355 e. The third-order valence-corrected chi connectivity index (χ3v) is 7.92. The van der Waals surface area contributed by atoms with Gasteiger partial charge in [-0.3, -0.25) is 14.3 Å². The van der Waals surface area contributed by atoms with Crippen molar-refractivity contribution in [3.05, 3.63) is 47.7 Å². The van der Waals surface area contributed by atoms with E-state index in [0.29, 0.717) is 35.6 Å². The van der Waals surface area contributed by atoms with E-state index < -0.39 is 60.7 Å². The zero-order chi connectivity index (χ0) is 29.5. The summed E-state index contributed by atoms with van der Waals surface area (Å²) in [7, 11) is 0. The van der Waals surface area contributed by atoms with Gasteiger partial charge in [0.2, 0.25) is 11.8 Å². The number of halogens is 5. The molecule has 2 aliphatic rings. The molecule has 9 nitrogen and oxygen atoms in total. The van der Waals surface area contributed by atoms with E-state index in [9.17, 15) is 31.5 Å². The molecule has 222 valence electrons. The molecule has 3 aromatic rings. The highest BCUT2D eigenvalue weighted by Crippen LogP contribution is 2.42. The normalized spacial score (nSPS) is 23.9. The molecule has 1 saturated carbocycles. The molecule has 5 rings (SSSR count). The Morgan fingerprint density at radius 3 is 2.73 bits per heavy atom. The zero-order valence-corrected chi connectivity index (χ0v) is 22.7. The Kier molecular flexibility index (Phi) is 7.77. The second-order valence-electron chi connectivity index (χ2n) is 11.3. The highest BCUT2D eigenvalue weighted by atomic mass is 19.4. The summed E-state index contributed by atoms with van der Waals surface area (Å²) in [6.45, 7) is 3.30. The van der Waals surface area contributed by atoms with Crippen LogP contribution in [0.15, 0.2) is 30.6 Å². The molecule has 1 saturated heterocycles. The summed E-state index contributed by atoms with van der Waals surface area (Å²) in [6.07, 6.45) is -1.58. The Balaban J connectivity index is 1.41. The summed E-state index contributed by atoms with van der Waals surface area (Å²) in [6, 6.07) is 3.81. The number of piperidine rings is 1. The summed E-state index contributed by atoms with van der Waals surface area (Å²) >= 11 is 0. The second kappa shape index (κ2) is 11.0. The second-order valence-corrected chi connectivity index (χ2v) is 11.3. The van der Waals surface area contributed by atoms with Crippen molar-refractivity contribution in [3.63, 3.8) is 0 Å². The first-order chi connectivity index (χ1) is 19.3. The summed E-state index contributed by atoms with van der Waals surface area (Å²) in [4.78, 5) is 30.2. The molecular weight excluding hydrogens is 549 g/mol. The molecule has 2 amide bonds. The summed E-state index contributed by atoms with van der Waals surface area (Å²) in [5.41, 5.74) is 1.39. The minimum atomic E-state index is -4.41. The fourth-order valence-corrected chi connectivity index (χ4v) is 5.83. The molecule has 2 N–H and O–H groups in total. The number of alkyl halides is 5. The molecule has 0 aromatic carbocycles.